The maximum absolute atomic E-state index is 12.7. The summed E-state index contributed by atoms with van der Waals surface area (Å²) in [5.41, 5.74) is 0.893. The Bertz CT molecular complexity index is 738. The standard InChI is InChI=1S/C18H26F3N3O2S/c1-27(25,26)16-4-2-3-15(11-16)24-9-7-23(8-10-24)13-14-5-6-17(22-12-14)18(19,20)21/h2-4,11,14,17,22H,5-10,12-13H2,1H3. The van der Waals surface area contributed by atoms with Gasteiger partial charge in [-0.3, -0.25) is 4.90 Å². The van der Waals surface area contributed by atoms with Crippen molar-refractivity contribution < 1.29 is 21.6 Å². The van der Waals surface area contributed by atoms with Gasteiger partial charge in [-0.15, -0.1) is 0 Å². The molecular weight excluding hydrogens is 379 g/mol. The molecule has 1 N–H and O–H groups in total. The number of sulfone groups is 1. The van der Waals surface area contributed by atoms with Crippen molar-refractivity contribution in [2.24, 2.45) is 5.92 Å². The number of nitrogens with zero attached hydrogens (tertiary/aromatic N) is 2. The molecular formula is C18H26F3N3O2S. The molecule has 2 heterocycles. The van der Waals surface area contributed by atoms with Crippen molar-refractivity contribution in [3.63, 3.8) is 0 Å². The van der Waals surface area contributed by atoms with Gasteiger partial charge in [0.1, 0.15) is 6.04 Å². The molecule has 0 bridgehead atoms. The number of nitrogens with one attached hydrogen (secondary N) is 1. The van der Waals surface area contributed by atoms with Gasteiger partial charge in [-0.2, -0.15) is 13.2 Å². The summed E-state index contributed by atoms with van der Waals surface area (Å²) in [5.74, 6) is 0.240. The molecule has 2 unspecified atom stereocenters. The number of hydrogen-bond acceptors (Lipinski definition) is 5. The zero-order chi connectivity index (χ0) is 19.7. The molecule has 0 radical (unpaired) electrons. The zero-order valence-corrected chi connectivity index (χ0v) is 16.2. The van der Waals surface area contributed by atoms with E-state index in [9.17, 15) is 21.6 Å². The van der Waals surface area contributed by atoms with Gasteiger partial charge in [0, 0.05) is 44.7 Å². The second-order valence-electron chi connectivity index (χ2n) is 7.50. The lowest BCUT2D eigenvalue weighted by Gasteiger charge is -2.39. The summed E-state index contributed by atoms with van der Waals surface area (Å²) in [6, 6.07) is 5.59. The van der Waals surface area contributed by atoms with Gasteiger partial charge in [-0.1, -0.05) is 6.07 Å². The molecule has 2 saturated heterocycles. The Morgan fingerprint density at radius 2 is 1.85 bits per heavy atom. The molecule has 0 spiro atoms. The van der Waals surface area contributed by atoms with Gasteiger partial charge >= 0.3 is 6.18 Å². The van der Waals surface area contributed by atoms with Crippen LogP contribution in [-0.4, -0.2) is 71.1 Å². The van der Waals surface area contributed by atoms with Crippen LogP contribution in [0.25, 0.3) is 0 Å². The lowest BCUT2D eigenvalue weighted by Crippen LogP contribution is -2.52. The highest BCUT2D eigenvalue weighted by atomic mass is 32.2. The largest absolute Gasteiger partial charge is 0.403 e. The molecule has 1 aromatic rings. The van der Waals surface area contributed by atoms with Crippen LogP contribution in [0.1, 0.15) is 12.8 Å². The average molecular weight is 405 g/mol. The smallest absolute Gasteiger partial charge is 0.369 e. The van der Waals surface area contributed by atoms with E-state index in [1.165, 1.54) is 6.26 Å². The number of piperidine rings is 1. The molecule has 1 aromatic carbocycles. The number of hydrogen-bond donors (Lipinski definition) is 1. The number of anilines is 1. The van der Waals surface area contributed by atoms with Gasteiger partial charge in [-0.25, -0.2) is 8.42 Å². The Morgan fingerprint density at radius 1 is 1.15 bits per heavy atom. The molecule has 0 saturated carbocycles. The summed E-state index contributed by atoms with van der Waals surface area (Å²) >= 11 is 0. The fourth-order valence-electron chi connectivity index (χ4n) is 3.82. The molecule has 27 heavy (non-hydrogen) atoms. The second-order valence-corrected chi connectivity index (χ2v) is 9.52. The molecule has 2 aliphatic rings. The molecule has 2 aliphatic heterocycles. The summed E-state index contributed by atoms with van der Waals surface area (Å²) in [5, 5.41) is 2.63. The van der Waals surface area contributed by atoms with Crippen molar-refractivity contribution in [2.75, 3.05) is 50.4 Å². The van der Waals surface area contributed by atoms with E-state index in [1.54, 1.807) is 18.2 Å². The summed E-state index contributed by atoms with van der Waals surface area (Å²) in [4.78, 5) is 4.76. The first-order valence-corrected chi connectivity index (χ1v) is 11.1. The molecule has 0 amide bonds. The Morgan fingerprint density at radius 3 is 2.41 bits per heavy atom. The monoisotopic (exact) mass is 405 g/mol. The van der Waals surface area contributed by atoms with Crippen molar-refractivity contribution in [3.05, 3.63) is 24.3 Å². The van der Waals surface area contributed by atoms with Gasteiger partial charge < -0.3 is 10.2 Å². The summed E-state index contributed by atoms with van der Waals surface area (Å²) in [7, 11) is -3.23. The van der Waals surface area contributed by atoms with Crippen LogP contribution >= 0.6 is 0 Å². The van der Waals surface area contributed by atoms with Crippen LogP contribution < -0.4 is 10.2 Å². The van der Waals surface area contributed by atoms with Crippen LogP contribution in [0.2, 0.25) is 0 Å². The Kier molecular flexibility index (Phi) is 6.02. The number of alkyl halides is 3. The number of halogens is 3. The molecule has 152 valence electrons. The predicted octanol–water partition coefficient (Wildman–Crippen LogP) is 2.14. The summed E-state index contributed by atoms with van der Waals surface area (Å²) in [6.45, 7) is 4.40. The first kappa shape index (κ1) is 20.4. The molecule has 0 aromatic heterocycles. The normalized spacial score (nSPS) is 25.6. The Balaban J connectivity index is 1.49. The summed E-state index contributed by atoms with van der Waals surface area (Å²) < 4.78 is 61.6. The molecule has 2 fully saturated rings. The van der Waals surface area contributed by atoms with E-state index in [0.717, 1.165) is 38.4 Å². The summed E-state index contributed by atoms with van der Waals surface area (Å²) in [6.07, 6.45) is -2.22. The Labute approximate surface area is 158 Å². The SMILES string of the molecule is CS(=O)(=O)c1cccc(N2CCN(CC3CCC(C(F)(F)F)NC3)CC2)c1. The van der Waals surface area contributed by atoms with E-state index in [4.69, 9.17) is 0 Å². The van der Waals surface area contributed by atoms with E-state index in [2.05, 4.69) is 15.1 Å². The van der Waals surface area contributed by atoms with E-state index in [-0.39, 0.29) is 12.3 Å². The van der Waals surface area contributed by atoms with Crippen molar-refractivity contribution in [3.8, 4) is 0 Å². The van der Waals surface area contributed by atoms with Crippen LogP contribution in [0, 0.1) is 5.92 Å². The second kappa shape index (κ2) is 7.97. The fourth-order valence-corrected chi connectivity index (χ4v) is 4.48. The quantitative estimate of drug-likeness (QED) is 0.832. The maximum atomic E-state index is 12.7. The third-order valence-corrected chi connectivity index (χ3v) is 6.52. The van der Waals surface area contributed by atoms with Crippen LogP contribution in [0.5, 0.6) is 0 Å². The van der Waals surface area contributed by atoms with E-state index in [1.807, 2.05) is 6.07 Å². The molecule has 9 heteroatoms. The van der Waals surface area contributed by atoms with Crippen LogP contribution in [0.4, 0.5) is 18.9 Å². The van der Waals surface area contributed by atoms with Crippen molar-refractivity contribution in [1.29, 1.82) is 0 Å². The van der Waals surface area contributed by atoms with Crippen molar-refractivity contribution in [1.82, 2.24) is 10.2 Å². The average Bonchev–Trinajstić information content (AvgIpc) is 2.61. The predicted molar refractivity (Wildman–Crippen MR) is 98.8 cm³/mol. The maximum Gasteiger partial charge on any atom is 0.403 e. The lowest BCUT2D eigenvalue weighted by atomic mass is 9.93. The van der Waals surface area contributed by atoms with E-state index >= 15 is 0 Å². The minimum absolute atomic E-state index is 0.145. The van der Waals surface area contributed by atoms with Crippen molar-refractivity contribution >= 4 is 15.5 Å². The number of piperazine rings is 1. The van der Waals surface area contributed by atoms with Gasteiger partial charge in [0.2, 0.25) is 0 Å². The van der Waals surface area contributed by atoms with Gasteiger partial charge in [0.15, 0.2) is 9.84 Å². The highest BCUT2D eigenvalue weighted by Gasteiger charge is 2.41. The minimum Gasteiger partial charge on any atom is -0.369 e. The van der Waals surface area contributed by atoms with Gasteiger partial charge in [0.25, 0.3) is 0 Å². The topological polar surface area (TPSA) is 52.7 Å². The first-order chi connectivity index (χ1) is 12.6. The molecule has 5 nitrogen and oxygen atoms in total. The van der Waals surface area contributed by atoms with E-state index < -0.39 is 22.1 Å². The highest BCUT2D eigenvalue weighted by molar-refractivity contribution is 7.90. The third-order valence-electron chi connectivity index (χ3n) is 5.41. The molecule has 3 rings (SSSR count). The molecule has 2 atom stereocenters. The van der Waals surface area contributed by atoms with Crippen LogP contribution in [-0.2, 0) is 9.84 Å². The lowest BCUT2D eigenvalue weighted by molar-refractivity contribution is -0.162. The third kappa shape index (κ3) is 5.36. The first-order valence-electron chi connectivity index (χ1n) is 9.20. The highest BCUT2D eigenvalue weighted by Crippen LogP contribution is 2.28. The van der Waals surface area contributed by atoms with Crippen LogP contribution in [0.3, 0.4) is 0 Å². The minimum atomic E-state index is -4.16. The fraction of sp³-hybridized carbons (Fsp3) is 0.667. The van der Waals surface area contributed by atoms with E-state index in [0.29, 0.717) is 17.9 Å². The number of benzene rings is 1. The zero-order valence-electron chi connectivity index (χ0n) is 15.4. The van der Waals surface area contributed by atoms with Crippen LogP contribution in [0.15, 0.2) is 29.2 Å². The molecule has 0 aliphatic carbocycles. The van der Waals surface area contributed by atoms with Gasteiger partial charge in [-0.05, 0) is 43.5 Å². The van der Waals surface area contributed by atoms with Gasteiger partial charge in [0.05, 0.1) is 4.90 Å². The Hall–Kier alpha value is -1.32. The number of rotatable bonds is 4. The van der Waals surface area contributed by atoms with Crippen molar-refractivity contribution in [2.45, 2.75) is 30.0 Å².